The quantitative estimate of drug-likeness (QED) is 0.210. The summed E-state index contributed by atoms with van der Waals surface area (Å²) in [7, 11) is 0. The molecule has 2 aliphatic rings. The Kier molecular flexibility index (Phi) is 5.35. The third-order valence-electron chi connectivity index (χ3n) is 8.21. The molecular formula is C38H23Cl. The summed E-state index contributed by atoms with van der Waals surface area (Å²) >= 11 is 6.12. The van der Waals surface area contributed by atoms with Crippen molar-refractivity contribution >= 4 is 17.2 Å². The molecule has 1 atom stereocenters. The zero-order valence-electron chi connectivity index (χ0n) is 21.4. The largest absolute Gasteiger partial charge is 0.115 e. The molecule has 0 saturated carbocycles. The second-order valence-electron chi connectivity index (χ2n) is 10.0. The summed E-state index contributed by atoms with van der Waals surface area (Å²) in [6.45, 7) is 2.25. The molecule has 0 bridgehead atoms. The second kappa shape index (κ2) is 8.92. The van der Waals surface area contributed by atoms with Crippen LogP contribution in [-0.2, 0) is 5.41 Å². The van der Waals surface area contributed by atoms with Crippen LogP contribution in [0.1, 0.15) is 29.2 Å². The van der Waals surface area contributed by atoms with Crippen LogP contribution in [0.15, 0.2) is 121 Å². The van der Waals surface area contributed by atoms with Crippen molar-refractivity contribution in [3.05, 3.63) is 160 Å². The fourth-order valence-electron chi connectivity index (χ4n) is 6.58. The minimum absolute atomic E-state index is 0.473. The summed E-state index contributed by atoms with van der Waals surface area (Å²) in [6, 6.07) is 43.1. The van der Waals surface area contributed by atoms with Crippen molar-refractivity contribution in [1.29, 1.82) is 0 Å². The van der Waals surface area contributed by atoms with E-state index in [0.29, 0.717) is 0 Å². The van der Waals surface area contributed by atoms with Gasteiger partial charge in [0.05, 0.1) is 5.41 Å². The standard InChI is InChI=1S/C38H23Cl/c1-3-4-10-30-25(2)38(35-15-7-5-11-32(35)33-12-6-8-16-36(33)38)37-31(13-9-14-34(30)37)28-19-17-26(18-20-28)27-21-23-29(39)24-22-27/h1,4-7,9-15,17-24H,2H3/b10-4-. The van der Waals surface area contributed by atoms with E-state index in [4.69, 9.17) is 18.0 Å². The minimum Gasteiger partial charge on any atom is -0.115 e. The van der Waals surface area contributed by atoms with Crippen LogP contribution in [0.3, 0.4) is 0 Å². The van der Waals surface area contributed by atoms with Gasteiger partial charge in [-0.25, -0.2) is 0 Å². The highest BCUT2D eigenvalue weighted by molar-refractivity contribution is 6.30. The molecule has 2 aliphatic carbocycles. The molecule has 7 rings (SSSR count). The predicted molar refractivity (Wildman–Crippen MR) is 162 cm³/mol. The number of rotatable bonds is 3. The molecule has 0 fully saturated rings. The average molecular weight is 515 g/mol. The maximum atomic E-state index is 6.12. The molecule has 1 unspecified atom stereocenters. The van der Waals surface area contributed by atoms with Gasteiger partial charge in [0.2, 0.25) is 0 Å². The minimum atomic E-state index is -0.473. The van der Waals surface area contributed by atoms with E-state index in [1.54, 1.807) is 6.08 Å². The Hall–Kier alpha value is -4.75. The van der Waals surface area contributed by atoms with Gasteiger partial charge in [-0.1, -0.05) is 109 Å². The Morgan fingerprint density at radius 1 is 0.744 bits per heavy atom. The number of hydrogen-bond acceptors (Lipinski definition) is 0. The summed E-state index contributed by atoms with van der Waals surface area (Å²) in [6.07, 6.45) is 9.57. The number of hydrogen-bond donors (Lipinski definition) is 0. The van der Waals surface area contributed by atoms with Crippen molar-refractivity contribution < 1.29 is 0 Å². The van der Waals surface area contributed by atoms with Gasteiger partial charge in [0, 0.05) is 10.6 Å². The van der Waals surface area contributed by atoms with E-state index in [2.05, 4.69) is 116 Å². The van der Waals surface area contributed by atoms with E-state index >= 15 is 0 Å². The Morgan fingerprint density at radius 3 is 2.18 bits per heavy atom. The van der Waals surface area contributed by atoms with Crippen LogP contribution in [-0.4, -0.2) is 0 Å². The fourth-order valence-corrected chi connectivity index (χ4v) is 6.71. The molecule has 0 amide bonds. The normalized spacial score (nSPS) is 14.2. The van der Waals surface area contributed by atoms with Crippen molar-refractivity contribution in [2.45, 2.75) is 12.3 Å². The average Bonchev–Trinajstić information content (AvgIpc) is 3.42. The first-order valence-electron chi connectivity index (χ1n) is 13.0. The van der Waals surface area contributed by atoms with Gasteiger partial charge < -0.3 is 0 Å². The van der Waals surface area contributed by atoms with Crippen molar-refractivity contribution in [2.24, 2.45) is 0 Å². The van der Waals surface area contributed by atoms with Crippen LogP contribution in [0.25, 0.3) is 39.0 Å². The van der Waals surface area contributed by atoms with Crippen LogP contribution in [0.5, 0.6) is 0 Å². The first-order chi connectivity index (χ1) is 19.1. The van der Waals surface area contributed by atoms with Gasteiger partial charge in [-0.2, -0.15) is 0 Å². The van der Waals surface area contributed by atoms with E-state index in [1.807, 2.05) is 18.2 Å². The zero-order chi connectivity index (χ0) is 26.6. The molecule has 1 spiro atoms. The Labute approximate surface area is 234 Å². The lowest BCUT2D eigenvalue weighted by Crippen LogP contribution is -2.27. The second-order valence-corrected chi connectivity index (χ2v) is 10.5. The van der Waals surface area contributed by atoms with E-state index in [1.165, 1.54) is 50.1 Å². The third kappa shape index (κ3) is 3.30. The topological polar surface area (TPSA) is 0 Å². The van der Waals surface area contributed by atoms with Gasteiger partial charge in [-0.05, 0) is 105 Å². The van der Waals surface area contributed by atoms with Crippen LogP contribution in [0.4, 0.5) is 0 Å². The lowest BCUT2D eigenvalue weighted by molar-refractivity contribution is 0.769. The highest BCUT2D eigenvalue weighted by Crippen LogP contribution is 2.63. The zero-order valence-corrected chi connectivity index (χ0v) is 22.2. The predicted octanol–water partition coefficient (Wildman–Crippen LogP) is 9.57. The SMILES string of the molecule is C#C/C=C\C1=C(C)C2(c3c#cccc3-c3ccccc32)c2c1cccc2-c1ccc(-c2ccc(Cl)cc2)cc1. The molecule has 5 aromatic carbocycles. The van der Waals surface area contributed by atoms with Crippen LogP contribution in [0.2, 0.25) is 5.02 Å². The number of terminal acetylenes is 1. The summed E-state index contributed by atoms with van der Waals surface area (Å²) in [5.74, 6) is 2.70. The molecular weight excluding hydrogens is 492 g/mol. The van der Waals surface area contributed by atoms with Gasteiger partial charge >= 0.3 is 0 Å². The first kappa shape index (κ1) is 23.4. The van der Waals surface area contributed by atoms with E-state index in [9.17, 15) is 0 Å². The number of halogens is 1. The van der Waals surface area contributed by atoms with E-state index < -0.39 is 5.41 Å². The molecule has 0 saturated heterocycles. The van der Waals surface area contributed by atoms with Crippen LogP contribution in [0, 0.1) is 24.5 Å². The number of benzene rings is 4. The lowest BCUT2D eigenvalue weighted by atomic mass is 9.68. The summed E-state index contributed by atoms with van der Waals surface area (Å²) in [4.78, 5) is 0. The highest BCUT2D eigenvalue weighted by atomic mass is 35.5. The molecule has 0 heterocycles. The van der Waals surface area contributed by atoms with Crippen LogP contribution < -0.4 is 0 Å². The van der Waals surface area contributed by atoms with Crippen molar-refractivity contribution in [3.8, 4) is 45.7 Å². The van der Waals surface area contributed by atoms with Gasteiger partial charge in [0.1, 0.15) is 0 Å². The number of allylic oxidation sites excluding steroid dienone is 4. The molecule has 5 aromatic rings. The molecule has 0 N–H and O–H groups in total. The Bertz CT molecular complexity index is 1810. The third-order valence-corrected chi connectivity index (χ3v) is 8.46. The molecule has 0 nitrogen and oxygen atoms in total. The molecule has 0 aliphatic heterocycles. The van der Waals surface area contributed by atoms with E-state index in [-0.39, 0.29) is 0 Å². The number of fused-ring (bicyclic) bond motifs is 7. The van der Waals surface area contributed by atoms with Crippen LogP contribution >= 0.6 is 11.6 Å². The maximum absolute atomic E-state index is 6.12. The van der Waals surface area contributed by atoms with Gasteiger partial charge in [0.25, 0.3) is 0 Å². The summed E-state index contributed by atoms with van der Waals surface area (Å²) in [5, 5.41) is 0.740. The lowest BCUT2D eigenvalue weighted by Gasteiger charge is -2.32. The Balaban J connectivity index is 1.51. The summed E-state index contributed by atoms with van der Waals surface area (Å²) < 4.78 is 0. The van der Waals surface area contributed by atoms with Gasteiger partial charge in [-0.15, -0.1) is 6.42 Å². The Morgan fingerprint density at radius 2 is 1.41 bits per heavy atom. The first-order valence-corrected chi connectivity index (χ1v) is 13.4. The van der Waals surface area contributed by atoms with Crippen molar-refractivity contribution in [2.75, 3.05) is 0 Å². The van der Waals surface area contributed by atoms with Gasteiger partial charge in [-0.3, -0.25) is 0 Å². The van der Waals surface area contributed by atoms with Crippen molar-refractivity contribution in [3.63, 3.8) is 0 Å². The van der Waals surface area contributed by atoms with Gasteiger partial charge in [0.15, 0.2) is 0 Å². The monoisotopic (exact) mass is 514 g/mol. The molecule has 0 aromatic heterocycles. The van der Waals surface area contributed by atoms with E-state index in [0.717, 1.165) is 21.7 Å². The molecule has 39 heavy (non-hydrogen) atoms. The summed E-state index contributed by atoms with van der Waals surface area (Å²) in [5.41, 5.74) is 14.0. The fraction of sp³-hybridized carbons (Fsp3) is 0.0526. The highest BCUT2D eigenvalue weighted by Gasteiger charge is 2.52. The smallest absolute Gasteiger partial charge is 0.0771 e. The molecule has 1 heteroatoms. The molecule has 0 radical (unpaired) electrons. The molecule has 182 valence electrons. The maximum Gasteiger partial charge on any atom is 0.0771 e. The van der Waals surface area contributed by atoms with Crippen molar-refractivity contribution in [1.82, 2.24) is 0 Å².